The van der Waals surface area contributed by atoms with E-state index in [0.29, 0.717) is 5.56 Å². The monoisotopic (exact) mass is 273 g/mol. The first-order valence-electron chi connectivity index (χ1n) is 6.91. The lowest BCUT2D eigenvalue weighted by Crippen LogP contribution is -1.98. The molecule has 1 atom stereocenters. The van der Waals surface area contributed by atoms with Gasteiger partial charge in [0, 0.05) is 11.5 Å². The second kappa shape index (κ2) is 5.30. The third kappa shape index (κ3) is 2.34. The maximum absolute atomic E-state index is 10.3. The minimum Gasteiger partial charge on any atom is -0.508 e. The number of phenols is 1. The van der Waals surface area contributed by atoms with E-state index in [1.54, 1.807) is 12.1 Å². The Morgan fingerprint density at radius 1 is 1.00 bits per heavy atom. The molecule has 0 aliphatic heterocycles. The number of phenolic OH excluding ortho intramolecular Hbond substituents is 1. The van der Waals surface area contributed by atoms with E-state index in [9.17, 15) is 5.11 Å². The van der Waals surface area contributed by atoms with Gasteiger partial charge in [0.15, 0.2) is 0 Å². The average Bonchev–Trinajstić information content (AvgIpc) is 2.54. The molecule has 0 saturated heterocycles. The Morgan fingerprint density at radius 2 is 1.71 bits per heavy atom. The van der Waals surface area contributed by atoms with Gasteiger partial charge in [-0.05, 0) is 34.5 Å². The van der Waals surface area contributed by atoms with E-state index in [-0.39, 0.29) is 11.7 Å². The molecule has 21 heavy (non-hydrogen) atoms. The van der Waals surface area contributed by atoms with Crippen LogP contribution < -0.4 is 0 Å². The van der Waals surface area contributed by atoms with Gasteiger partial charge in [0.2, 0.25) is 0 Å². The molecule has 0 radical (unpaired) electrons. The molecule has 0 bridgehead atoms. The van der Waals surface area contributed by atoms with Crippen molar-refractivity contribution < 1.29 is 5.11 Å². The molecule has 1 unspecified atom stereocenters. The van der Waals surface area contributed by atoms with Gasteiger partial charge in [-0.1, -0.05) is 49.4 Å². The third-order valence-corrected chi connectivity index (χ3v) is 3.90. The Morgan fingerprint density at radius 3 is 2.43 bits per heavy atom. The van der Waals surface area contributed by atoms with Crippen LogP contribution in [0.4, 0.5) is 0 Å². The number of nitrogens with zero attached hydrogens (tertiary/aromatic N) is 1. The van der Waals surface area contributed by atoms with Crippen LogP contribution in [0.5, 0.6) is 5.75 Å². The molecule has 2 nitrogen and oxygen atoms in total. The SMILES string of the molecule is CC(c1ccccc1)c1c(O)ccc2ccc(C#N)cc12. The standard InChI is InChI=1S/C19H15NO/c1-13(15-5-3-2-4-6-15)19-17-11-14(12-20)7-8-16(17)9-10-18(19)21/h2-11,13,21H,1H3. The Balaban J connectivity index is 2.26. The highest BCUT2D eigenvalue weighted by Gasteiger charge is 2.16. The molecule has 0 heterocycles. The fourth-order valence-electron chi connectivity index (χ4n) is 2.76. The van der Waals surface area contributed by atoms with Crippen LogP contribution in [0.3, 0.4) is 0 Å². The highest BCUT2D eigenvalue weighted by molar-refractivity contribution is 5.89. The van der Waals surface area contributed by atoms with Crippen molar-refractivity contribution in [1.29, 1.82) is 5.26 Å². The molecule has 3 aromatic rings. The lowest BCUT2D eigenvalue weighted by Gasteiger charge is -2.17. The van der Waals surface area contributed by atoms with E-state index < -0.39 is 0 Å². The zero-order valence-corrected chi connectivity index (χ0v) is 11.7. The Hall–Kier alpha value is -2.79. The van der Waals surface area contributed by atoms with Gasteiger partial charge >= 0.3 is 0 Å². The van der Waals surface area contributed by atoms with Crippen molar-refractivity contribution in [2.75, 3.05) is 0 Å². The minimum absolute atomic E-state index is 0.0591. The predicted molar refractivity (Wildman–Crippen MR) is 84.3 cm³/mol. The molecule has 0 spiro atoms. The van der Waals surface area contributed by atoms with Crippen molar-refractivity contribution in [1.82, 2.24) is 0 Å². The fraction of sp³-hybridized carbons (Fsp3) is 0.105. The second-order valence-corrected chi connectivity index (χ2v) is 5.18. The molecule has 0 saturated carbocycles. The summed E-state index contributed by atoms with van der Waals surface area (Å²) in [5, 5.41) is 21.4. The molecule has 3 aromatic carbocycles. The number of hydrogen-bond donors (Lipinski definition) is 1. The van der Waals surface area contributed by atoms with Crippen LogP contribution in [0, 0.1) is 11.3 Å². The van der Waals surface area contributed by atoms with Crippen LogP contribution in [0.15, 0.2) is 60.7 Å². The van der Waals surface area contributed by atoms with Crippen molar-refractivity contribution in [2.45, 2.75) is 12.8 Å². The van der Waals surface area contributed by atoms with Crippen molar-refractivity contribution in [2.24, 2.45) is 0 Å². The van der Waals surface area contributed by atoms with E-state index in [2.05, 4.69) is 25.1 Å². The van der Waals surface area contributed by atoms with Gasteiger partial charge in [0.25, 0.3) is 0 Å². The number of aromatic hydroxyl groups is 1. The topological polar surface area (TPSA) is 44.0 Å². The summed E-state index contributed by atoms with van der Waals surface area (Å²) in [4.78, 5) is 0. The molecule has 0 aliphatic rings. The molecule has 0 aliphatic carbocycles. The molecular weight excluding hydrogens is 258 g/mol. The molecule has 102 valence electrons. The van der Waals surface area contributed by atoms with Crippen LogP contribution in [-0.4, -0.2) is 5.11 Å². The summed E-state index contributed by atoms with van der Waals surface area (Å²) in [5.74, 6) is 0.331. The van der Waals surface area contributed by atoms with Crippen molar-refractivity contribution >= 4 is 10.8 Å². The third-order valence-electron chi connectivity index (χ3n) is 3.90. The number of hydrogen-bond acceptors (Lipinski definition) is 2. The maximum atomic E-state index is 10.3. The molecule has 2 heteroatoms. The highest BCUT2D eigenvalue weighted by Crippen LogP contribution is 2.37. The van der Waals surface area contributed by atoms with Gasteiger partial charge in [-0.3, -0.25) is 0 Å². The Labute approximate surface area is 123 Å². The van der Waals surface area contributed by atoms with Gasteiger partial charge in [0.1, 0.15) is 5.75 Å². The van der Waals surface area contributed by atoms with E-state index in [4.69, 9.17) is 5.26 Å². The first kappa shape index (κ1) is 13.2. The number of fused-ring (bicyclic) bond motifs is 1. The van der Waals surface area contributed by atoms with Gasteiger partial charge < -0.3 is 5.11 Å². The second-order valence-electron chi connectivity index (χ2n) is 5.18. The average molecular weight is 273 g/mol. The summed E-state index contributed by atoms with van der Waals surface area (Å²) in [6.07, 6.45) is 0. The van der Waals surface area contributed by atoms with Crippen molar-refractivity contribution in [3.63, 3.8) is 0 Å². The lowest BCUT2D eigenvalue weighted by molar-refractivity contribution is 0.467. The van der Waals surface area contributed by atoms with Gasteiger partial charge in [0.05, 0.1) is 11.6 Å². The van der Waals surface area contributed by atoms with E-state index in [1.807, 2.05) is 36.4 Å². The van der Waals surface area contributed by atoms with Crippen molar-refractivity contribution in [3.8, 4) is 11.8 Å². The van der Waals surface area contributed by atoms with Gasteiger partial charge in [-0.25, -0.2) is 0 Å². The highest BCUT2D eigenvalue weighted by atomic mass is 16.3. The summed E-state index contributed by atoms with van der Waals surface area (Å²) in [5.41, 5.74) is 2.62. The molecule has 1 N–H and O–H groups in total. The van der Waals surface area contributed by atoms with Gasteiger partial charge in [-0.2, -0.15) is 5.26 Å². The number of benzene rings is 3. The van der Waals surface area contributed by atoms with Crippen LogP contribution in [-0.2, 0) is 0 Å². The predicted octanol–water partition coefficient (Wildman–Crippen LogP) is 4.57. The molecule has 0 amide bonds. The van der Waals surface area contributed by atoms with Crippen LogP contribution in [0.25, 0.3) is 10.8 Å². The van der Waals surface area contributed by atoms with Crippen LogP contribution >= 0.6 is 0 Å². The summed E-state index contributed by atoms with van der Waals surface area (Å²) >= 11 is 0. The first-order chi connectivity index (χ1) is 10.2. The quantitative estimate of drug-likeness (QED) is 0.743. The Bertz CT molecular complexity index is 831. The summed E-state index contributed by atoms with van der Waals surface area (Å²) in [6.45, 7) is 2.07. The zero-order chi connectivity index (χ0) is 14.8. The number of rotatable bonds is 2. The first-order valence-corrected chi connectivity index (χ1v) is 6.91. The van der Waals surface area contributed by atoms with E-state index in [0.717, 1.165) is 21.9 Å². The van der Waals surface area contributed by atoms with Gasteiger partial charge in [-0.15, -0.1) is 0 Å². The molecule has 0 aromatic heterocycles. The van der Waals surface area contributed by atoms with Crippen LogP contribution in [0.1, 0.15) is 29.5 Å². The maximum Gasteiger partial charge on any atom is 0.120 e. The normalized spacial score (nSPS) is 12.0. The molecule has 3 rings (SSSR count). The summed E-state index contributed by atoms with van der Waals surface area (Å²) in [7, 11) is 0. The Kier molecular flexibility index (Phi) is 3.33. The largest absolute Gasteiger partial charge is 0.508 e. The summed E-state index contributed by atoms with van der Waals surface area (Å²) < 4.78 is 0. The molecular formula is C19H15NO. The lowest BCUT2D eigenvalue weighted by atomic mass is 9.88. The number of nitriles is 1. The summed E-state index contributed by atoms with van der Waals surface area (Å²) in [6, 6.07) is 21.4. The van der Waals surface area contributed by atoms with Crippen molar-refractivity contribution in [3.05, 3.63) is 77.4 Å². The minimum atomic E-state index is 0.0591. The fourth-order valence-corrected chi connectivity index (χ4v) is 2.76. The van der Waals surface area contributed by atoms with Crippen LogP contribution in [0.2, 0.25) is 0 Å². The zero-order valence-electron chi connectivity index (χ0n) is 11.7. The van der Waals surface area contributed by atoms with E-state index >= 15 is 0 Å². The van der Waals surface area contributed by atoms with E-state index in [1.165, 1.54) is 0 Å². The molecule has 0 fully saturated rings. The smallest absolute Gasteiger partial charge is 0.120 e.